The molecule has 0 radical (unpaired) electrons. The van der Waals surface area contributed by atoms with E-state index in [2.05, 4.69) is 31.2 Å². The average Bonchev–Trinajstić information content (AvgIpc) is 2.61. The summed E-state index contributed by atoms with van der Waals surface area (Å²) in [5.74, 6) is 0. The van der Waals surface area contributed by atoms with E-state index in [9.17, 15) is 0 Å². The molecular formula is C12H23N3O. The molecule has 2 N–H and O–H groups in total. The minimum absolute atomic E-state index is 0.130. The number of aryl methyl sites for hydroxylation is 1. The highest BCUT2D eigenvalue weighted by molar-refractivity contribution is 5.08. The second-order valence-corrected chi connectivity index (χ2v) is 5.19. The molecule has 1 rings (SSSR count). The fraction of sp³-hybridized carbons (Fsp3) is 0.750. The first-order valence-electron chi connectivity index (χ1n) is 5.77. The molecule has 0 aromatic carbocycles. The van der Waals surface area contributed by atoms with Crippen molar-refractivity contribution in [1.82, 2.24) is 15.1 Å². The van der Waals surface area contributed by atoms with Crippen LogP contribution in [0.15, 0.2) is 12.4 Å². The van der Waals surface area contributed by atoms with Crippen LogP contribution < -0.4 is 5.32 Å². The molecule has 1 atom stereocenters. The van der Waals surface area contributed by atoms with Gasteiger partial charge in [0.2, 0.25) is 0 Å². The minimum Gasteiger partial charge on any atom is -0.396 e. The van der Waals surface area contributed by atoms with Gasteiger partial charge in [-0.15, -0.1) is 0 Å². The van der Waals surface area contributed by atoms with Crippen LogP contribution in [0.25, 0.3) is 0 Å². The van der Waals surface area contributed by atoms with E-state index in [4.69, 9.17) is 5.11 Å². The molecule has 1 aromatic heterocycles. The Morgan fingerprint density at radius 3 is 2.75 bits per heavy atom. The predicted molar refractivity (Wildman–Crippen MR) is 65.1 cm³/mol. The third-order valence-electron chi connectivity index (χ3n) is 2.90. The van der Waals surface area contributed by atoms with Gasteiger partial charge in [-0.2, -0.15) is 5.10 Å². The molecule has 0 saturated carbocycles. The number of rotatable bonds is 6. The standard InChI is InChI=1S/C12H23N3O/c1-10(11-7-14-15(4)8-11)13-9-12(2,3)5-6-16/h7-8,10,13,16H,5-6,9H2,1-4H3. The number of nitrogens with one attached hydrogen (secondary N) is 1. The summed E-state index contributed by atoms with van der Waals surface area (Å²) in [7, 11) is 1.92. The fourth-order valence-electron chi connectivity index (χ4n) is 1.60. The Hall–Kier alpha value is -0.870. The summed E-state index contributed by atoms with van der Waals surface area (Å²) >= 11 is 0. The van der Waals surface area contributed by atoms with Crippen LogP contribution in [0.1, 0.15) is 38.8 Å². The Kier molecular flexibility index (Phi) is 4.50. The van der Waals surface area contributed by atoms with Crippen LogP contribution in [-0.4, -0.2) is 28.0 Å². The highest BCUT2D eigenvalue weighted by Crippen LogP contribution is 2.20. The SMILES string of the molecule is CC(NCC(C)(C)CCO)c1cnn(C)c1. The third kappa shape index (κ3) is 3.94. The van der Waals surface area contributed by atoms with Gasteiger partial charge in [-0.3, -0.25) is 4.68 Å². The number of aromatic nitrogens is 2. The summed E-state index contributed by atoms with van der Waals surface area (Å²) in [5, 5.41) is 16.6. The second kappa shape index (κ2) is 5.46. The molecule has 0 bridgehead atoms. The normalized spacial score (nSPS) is 14.1. The largest absolute Gasteiger partial charge is 0.396 e. The van der Waals surface area contributed by atoms with E-state index in [1.807, 2.05) is 24.1 Å². The number of nitrogens with zero attached hydrogens (tertiary/aromatic N) is 2. The second-order valence-electron chi connectivity index (χ2n) is 5.19. The summed E-state index contributed by atoms with van der Waals surface area (Å²) in [6, 6.07) is 0.298. The summed E-state index contributed by atoms with van der Waals surface area (Å²) in [6.45, 7) is 7.59. The Labute approximate surface area is 97.7 Å². The molecule has 92 valence electrons. The Morgan fingerprint density at radius 1 is 1.56 bits per heavy atom. The zero-order valence-corrected chi connectivity index (χ0v) is 10.7. The highest BCUT2D eigenvalue weighted by atomic mass is 16.3. The zero-order chi connectivity index (χ0) is 12.2. The first-order chi connectivity index (χ1) is 7.44. The maximum absolute atomic E-state index is 8.95. The molecule has 4 nitrogen and oxygen atoms in total. The number of hydrogen-bond donors (Lipinski definition) is 2. The van der Waals surface area contributed by atoms with Gasteiger partial charge in [0.15, 0.2) is 0 Å². The van der Waals surface area contributed by atoms with E-state index in [0.29, 0.717) is 6.04 Å². The van der Waals surface area contributed by atoms with Gasteiger partial charge in [0.1, 0.15) is 0 Å². The summed E-state index contributed by atoms with van der Waals surface area (Å²) in [6.07, 6.45) is 4.73. The van der Waals surface area contributed by atoms with Crippen molar-refractivity contribution in [1.29, 1.82) is 0 Å². The van der Waals surface area contributed by atoms with Crippen molar-refractivity contribution in [2.75, 3.05) is 13.2 Å². The van der Waals surface area contributed by atoms with Crippen molar-refractivity contribution >= 4 is 0 Å². The van der Waals surface area contributed by atoms with E-state index in [1.165, 1.54) is 5.56 Å². The molecule has 4 heteroatoms. The maximum Gasteiger partial charge on any atom is 0.0537 e. The number of aliphatic hydroxyl groups is 1. The highest BCUT2D eigenvalue weighted by Gasteiger charge is 2.18. The molecule has 0 aliphatic carbocycles. The van der Waals surface area contributed by atoms with Crippen molar-refractivity contribution in [3.05, 3.63) is 18.0 Å². The van der Waals surface area contributed by atoms with E-state index < -0.39 is 0 Å². The third-order valence-corrected chi connectivity index (χ3v) is 2.90. The van der Waals surface area contributed by atoms with Gasteiger partial charge in [-0.05, 0) is 18.8 Å². The minimum atomic E-state index is 0.130. The number of hydrogen-bond acceptors (Lipinski definition) is 3. The van der Waals surface area contributed by atoms with Gasteiger partial charge in [0.25, 0.3) is 0 Å². The van der Waals surface area contributed by atoms with Crippen molar-refractivity contribution in [3.8, 4) is 0 Å². The van der Waals surface area contributed by atoms with Crippen LogP contribution in [-0.2, 0) is 7.05 Å². The van der Waals surface area contributed by atoms with Crippen molar-refractivity contribution in [3.63, 3.8) is 0 Å². The molecule has 0 saturated heterocycles. The Balaban J connectivity index is 2.43. The number of aliphatic hydroxyl groups excluding tert-OH is 1. The molecule has 1 aromatic rings. The lowest BCUT2D eigenvalue weighted by molar-refractivity contribution is 0.204. The first kappa shape index (κ1) is 13.2. The zero-order valence-electron chi connectivity index (χ0n) is 10.7. The van der Waals surface area contributed by atoms with Crippen molar-refractivity contribution < 1.29 is 5.11 Å². The van der Waals surface area contributed by atoms with Crippen LogP contribution in [0.3, 0.4) is 0 Å². The smallest absolute Gasteiger partial charge is 0.0537 e. The van der Waals surface area contributed by atoms with Gasteiger partial charge in [-0.1, -0.05) is 13.8 Å². The molecule has 16 heavy (non-hydrogen) atoms. The van der Waals surface area contributed by atoms with Gasteiger partial charge < -0.3 is 10.4 Å². The van der Waals surface area contributed by atoms with E-state index in [0.717, 1.165) is 13.0 Å². The van der Waals surface area contributed by atoms with Crippen LogP contribution in [0.2, 0.25) is 0 Å². The van der Waals surface area contributed by atoms with Crippen molar-refractivity contribution in [2.24, 2.45) is 12.5 Å². The lowest BCUT2D eigenvalue weighted by Gasteiger charge is -2.26. The molecule has 0 spiro atoms. The lowest BCUT2D eigenvalue weighted by atomic mass is 9.89. The van der Waals surface area contributed by atoms with Crippen LogP contribution in [0.5, 0.6) is 0 Å². The average molecular weight is 225 g/mol. The molecule has 0 aliphatic rings. The maximum atomic E-state index is 8.95. The molecule has 1 heterocycles. The van der Waals surface area contributed by atoms with Gasteiger partial charge in [0.05, 0.1) is 6.20 Å². The summed E-state index contributed by atoms with van der Waals surface area (Å²) in [5.41, 5.74) is 1.33. The summed E-state index contributed by atoms with van der Waals surface area (Å²) < 4.78 is 1.81. The summed E-state index contributed by atoms with van der Waals surface area (Å²) in [4.78, 5) is 0. The van der Waals surface area contributed by atoms with Crippen molar-refractivity contribution in [2.45, 2.75) is 33.2 Å². The van der Waals surface area contributed by atoms with Gasteiger partial charge in [-0.25, -0.2) is 0 Å². The molecule has 0 aliphatic heterocycles. The van der Waals surface area contributed by atoms with Crippen LogP contribution >= 0.6 is 0 Å². The first-order valence-corrected chi connectivity index (χ1v) is 5.77. The predicted octanol–water partition coefficient (Wildman–Crippen LogP) is 1.48. The lowest BCUT2D eigenvalue weighted by Crippen LogP contribution is -2.31. The molecule has 0 fully saturated rings. The quantitative estimate of drug-likeness (QED) is 0.771. The van der Waals surface area contributed by atoms with E-state index >= 15 is 0 Å². The molecular weight excluding hydrogens is 202 g/mol. The monoisotopic (exact) mass is 225 g/mol. The van der Waals surface area contributed by atoms with E-state index in [1.54, 1.807) is 0 Å². The molecule has 0 amide bonds. The van der Waals surface area contributed by atoms with Crippen LogP contribution in [0.4, 0.5) is 0 Å². The van der Waals surface area contributed by atoms with E-state index in [-0.39, 0.29) is 12.0 Å². The fourth-order valence-corrected chi connectivity index (χ4v) is 1.60. The Morgan fingerprint density at radius 2 is 2.25 bits per heavy atom. The van der Waals surface area contributed by atoms with Crippen LogP contribution in [0, 0.1) is 5.41 Å². The molecule has 1 unspecified atom stereocenters. The Bertz CT molecular complexity index is 320. The van der Waals surface area contributed by atoms with Gasteiger partial charge >= 0.3 is 0 Å². The topological polar surface area (TPSA) is 50.1 Å². The van der Waals surface area contributed by atoms with Gasteiger partial charge in [0, 0.05) is 38.0 Å².